The van der Waals surface area contributed by atoms with Crippen molar-refractivity contribution in [1.82, 2.24) is 4.98 Å². The van der Waals surface area contributed by atoms with E-state index in [9.17, 15) is 18.7 Å². The van der Waals surface area contributed by atoms with Gasteiger partial charge >= 0.3 is 0 Å². The van der Waals surface area contributed by atoms with Crippen molar-refractivity contribution in [3.8, 4) is 0 Å². The summed E-state index contributed by atoms with van der Waals surface area (Å²) in [4.78, 5) is 15.8. The SMILES string of the molecule is CC(C)(O)[C@H](F)Cc1nccc(NC2CCCC2F)c1C(N)=O. The molecule has 1 saturated carbocycles. The lowest BCUT2D eigenvalue weighted by molar-refractivity contribution is -0.00307. The van der Waals surface area contributed by atoms with Crippen LogP contribution in [0.1, 0.15) is 49.2 Å². The largest absolute Gasteiger partial charge is 0.387 e. The molecule has 1 amide bonds. The summed E-state index contributed by atoms with van der Waals surface area (Å²) in [6.45, 7) is 2.69. The number of hydrogen-bond acceptors (Lipinski definition) is 4. The number of halogens is 2. The summed E-state index contributed by atoms with van der Waals surface area (Å²) < 4.78 is 27.9. The van der Waals surface area contributed by atoms with Gasteiger partial charge in [0.05, 0.1) is 28.6 Å². The standard InChI is InChI=1S/C16H23F2N3O2/c1-16(2,23)13(18)8-12-14(15(19)22)11(6-7-20-12)21-10-5-3-4-9(10)17/h6-7,9-10,13,23H,3-5,8H2,1-2H3,(H2,19,22)(H,20,21)/t9?,10?,13-/m1/s1. The van der Waals surface area contributed by atoms with Crippen LogP contribution in [0.2, 0.25) is 0 Å². The fourth-order valence-electron chi connectivity index (χ4n) is 2.75. The molecule has 7 heteroatoms. The Morgan fingerprint density at radius 2 is 2.26 bits per heavy atom. The Balaban J connectivity index is 2.29. The first-order valence-electron chi connectivity index (χ1n) is 7.75. The van der Waals surface area contributed by atoms with E-state index in [1.807, 2.05) is 0 Å². The number of nitrogens with two attached hydrogens (primary N) is 1. The molecule has 1 fully saturated rings. The van der Waals surface area contributed by atoms with Crippen LogP contribution in [0.15, 0.2) is 12.3 Å². The number of nitrogens with one attached hydrogen (secondary N) is 1. The first kappa shape index (κ1) is 17.6. The number of rotatable bonds is 6. The Morgan fingerprint density at radius 3 is 2.78 bits per heavy atom. The molecule has 1 aromatic heterocycles. The Labute approximate surface area is 134 Å². The molecule has 1 aliphatic carbocycles. The molecule has 5 nitrogen and oxygen atoms in total. The smallest absolute Gasteiger partial charge is 0.252 e. The number of carbonyl (C=O) groups excluding carboxylic acids is 1. The van der Waals surface area contributed by atoms with Gasteiger partial charge < -0.3 is 16.2 Å². The second-order valence-corrected chi connectivity index (χ2v) is 6.57. The van der Waals surface area contributed by atoms with Gasteiger partial charge in [0.1, 0.15) is 12.3 Å². The van der Waals surface area contributed by atoms with E-state index in [1.54, 1.807) is 0 Å². The lowest BCUT2D eigenvalue weighted by Crippen LogP contribution is -2.35. The summed E-state index contributed by atoms with van der Waals surface area (Å²) >= 11 is 0. The zero-order valence-corrected chi connectivity index (χ0v) is 13.4. The van der Waals surface area contributed by atoms with Crippen molar-refractivity contribution >= 4 is 11.6 Å². The van der Waals surface area contributed by atoms with Gasteiger partial charge in [0.2, 0.25) is 0 Å². The quantitative estimate of drug-likeness (QED) is 0.747. The molecule has 2 unspecified atom stereocenters. The Bertz CT molecular complexity index is 553. The van der Waals surface area contributed by atoms with Crippen LogP contribution >= 0.6 is 0 Å². The molecule has 0 aliphatic heterocycles. The molecule has 2 rings (SSSR count). The van der Waals surface area contributed by atoms with Crippen LogP contribution in [-0.2, 0) is 6.42 Å². The first-order chi connectivity index (χ1) is 10.7. The lowest BCUT2D eigenvalue weighted by atomic mass is 9.96. The van der Waals surface area contributed by atoms with Crippen LogP contribution in [0.3, 0.4) is 0 Å². The minimum atomic E-state index is -1.61. The van der Waals surface area contributed by atoms with Gasteiger partial charge in [-0.2, -0.15) is 0 Å². The van der Waals surface area contributed by atoms with E-state index in [2.05, 4.69) is 10.3 Å². The second kappa shape index (κ2) is 6.78. The molecule has 0 bridgehead atoms. The Morgan fingerprint density at radius 1 is 1.57 bits per heavy atom. The number of anilines is 1. The summed E-state index contributed by atoms with van der Waals surface area (Å²) in [5, 5.41) is 12.7. The molecular weight excluding hydrogens is 304 g/mol. The molecule has 0 radical (unpaired) electrons. The molecule has 4 N–H and O–H groups in total. The van der Waals surface area contributed by atoms with E-state index >= 15 is 0 Å². The minimum Gasteiger partial charge on any atom is -0.387 e. The summed E-state index contributed by atoms with van der Waals surface area (Å²) in [5.41, 5.74) is 4.42. The molecule has 0 aromatic carbocycles. The highest BCUT2D eigenvalue weighted by molar-refractivity contribution is 5.99. The van der Waals surface area contributed by atoms with E-state index in [0.717, 1.165) is 6.42 Å². The van der Waals surface area contributed by atoms with Crippen molar-refractivity contribution < 1.29 is 18.7 Å². The molecule has 1 aromatic rings. The van der Waals surface area contributed by atoms with Gasteiger partial charge in [-0.05, 0) is 39.2 Å². The normalized spacial score (nSPS) is 22.8. The lowest BCUT2D eigenvalue weighted by Gasteiger charge is -2.24. The molecular formula is C16H23F2N3O2. The number of primary amides is 1. The van der Waals surface area contributed by atoms with Gasteiger partial charge in [-0.25, -0.2) is 8.78 Å². The van der Waals surface area contributed by atoms with Gasteiger partial charge in [0.25, 0.3) is 5.91 Å². The van der Waals surface area contributed by atoms with Crippen molar-refractivity contribution in [3.05, 3.63) is 23.5 Å². The predicted molar refractivity (Wildman–Crippen MR) is 83.8 cm³/mol. The van der Waals surface area contributed by atoms with Crippen LogP contribution < -0.4 is 11.1 Å². The summed E-state index contributed by atoms with van der Waals surface area (Å²) in [7, 11) is 0. The van der Waals surface area contributed by atoms with Crippen molar-refractivity contribution in [1.29, 1.82) is 0 Å². The van der Waals surface area contributed by atoms with E-state index in [1.165, 1.54) is 26.1 Å². The van der Waals surface area contributed by atoms with Crippen LogP contribution in [0.5, 0.6) is 0 Å². The summed E-state index contributed by atoms with van der Waals surface area (Å²) in [5.74, 6) is -0.757. The molecule has 0 spiro atoms. The third-order valence-corrected chi connectivity index (χ3v) is 4.19. The first-order valence-corrected chi connectivity index (χ1v) is 7.75. The zero-order valence-electron chi connectivity index (χ0n) is 13.4. The van der Waals surface area contributed by atoms with Crippen LogP contribution in [0.4, 0.5) is 14.5 Å². The van der Waals surface area contributed by atoms with Gasteiger partial charge in [0, 0.05) is 12.6 Å². The van der Waals surface area contributed by atoms with E-state index < -0.39 is 23.9 Å². The number of nitrogens with zero attached hydrogens (tertiary/aromatic N) is 1. The van der Waals surface area contributed by atoms with Gasteiger partial charge in [-0.1, -0.05) is 0 Å². The van der Waals surface area contributed by atoms with E-state index in [0.29, 0.717) is 18.5 Å². The zero-order chi connectivity index (χ0) is 17.2. The van der Waals surface area contributed by atoms with Crippen LogP contribution in [0, 0.1) is 0 Å². The summed E-state index contributed by atoms with van der Waals surface area (Å²) in [6, 6.07) is 1.14. The van der Waals surface area contributed by atoms with E-state index in [4.69, 9.17) is 5.73 Å². The van der Waals surface area contributed by atoms with Gasteiger partial charge in [-0.15, -0.1) is 0 Å². The van der Waals surface area contributed by atoms with Crippen molar-refractivity contribution in [2.75, 3.05) is 5.32 Å². The van der Waals surface area contributed by atoms with Crippen LogP contribution in [-0.4, -0.2) is 40.0 Å². The molecule has 3 atom stereocenters. The Kier molecular flexibility index (Phi) is 5.19. The molecule has 23 heavy (non-hydrogen) atoms. The number of hydrogen-bond donors (Lipinski definition) is 3. The summed E-state index contributed by atoms with van der Waals surface area (Å²) in [6.07, 6.45) is 0.485. The highest BCUT2D eigenvalue weighted by Gasteiger charge is 2.31. The van der Waals surface area contributed by atoms with Crippen LogP contribution in [0.25, 0.3) is 0 Å². The number of carbonyl (C=O) groups is 1. The Hall–Kier alpha value is -1.76. The number of amides is 1. The molecule has 128 valence electrons. The highest BCUT2D eigenvalue weighted by atomic mass is 19.1. The maximum Gasteiger partial charge on any atom is 0.252 e. The molecule has 0 saturated heterocycles. The fourth-order valence-corrected chi connectivity index (χ4v) is 2.75. The van der Waals surface area contributed by atoms with Gasteiger partial charge in [0.15, 0.2) is 0 Å². The van der Waals surface area contributed by atoms with Crippen molar-refractivity contribution in [3.63, 3.8) is 0 Å². The number of alkyl halides is 2. The number of pyridine rings is 1. The number of aliphatic hydroxyl groups is 1. The minimum absolute atomic E-state index is 0.0542. The van der Waals surface area contributed by atoms with Crippen molar-refractivity contribution in [2.45, 2.75) is 63.5 Å². The van der Waals surface area contributed by atoms with Crippen molar-refractivity contribution in [2.24, 2.45) is 5.73 Å². The second-order valence-electron chi connectivity index (χ2n) is 6.57. The predicted octanol–water partition coefficient (Wildman–Crippen LogP) is 2.13. The monoisotopic (exact) mass is 327 g/mol. The highest BCUT2D eigenvalue weighted by Crippen LogP contribution is 2.28. The molecule has 1 aliphatic rings. The number of aromatic nitrogens is 1. The fraction of sp³-hybridized carbons (Fsp3) is 0.625. The third kappa shape index (κ3) is 4.16. The molecule has 1 heterocycles. The van der Waals surface area contributed by atoms with E-state index in [-0.39, 0.29) is 23.7 Å². The maximum atomic E-state index is 14.1. The third-order valence-electron chi connectivity index (χ3n) is 4.19. The average Bonchev–Trinajstić information content (AvgIpc) is 2.83. The topological polar surface area (TPSA) is 88.2 Å². The maximum absolute atomic E-state index is 14.1. The van der Waals surface area contributed by atoms with Gasteiger partial charge in [-0.3, -0.25) is 9.78 Å². The average molecular weight is 327 g/mol.